The van der Waals surface area contributed by atoms with Crippen molar-refractivity contribution < 1.29 is 18.7 Å². The number of amides is 1. The predicted molar refractivity (Wildman–Crippen MR) is 129 cm³/mol. The Morgan fingerprint density at radius 1 is 1.12 bits per heavy atom. The first kappa shape index (κ1) is 22.5. The lowest BCUT2D eigenvalue weighted by molar-refractivity contribution is -0.118. The van der Waals surface area contributed by atoms with Gasteiger partial charge in [-0.15, -0.1) is 11.8 Å². The van der Waals surface area contributed by atoms with Gasteiger partial charge in [-0.2, -0.15) is 0 Å². The SMILES string of the molecule is COc1ccc(OC)c2sc(N(Cc3ccco3)C(=O)CCSc3ccc(Cl)cc3)nc12. The zero-order chi connectivity index (χ0) is 22.5. The van der Waals surface area contributed by atoms with Gasteiger partial charge in [0.25, 0.3) is 0 Å². The van der Waals surface area contributed by atoms with Gasteiger partial charge >= 0.3 is 0 Å². The summed E-state index contributed by atoms with van der Waals surface area (Å²) in [6.45, 7) is 0.294. The molecule has 0 N–H and O–H groups in total. The van der Waals surface area contributed by atoms with Crippen molar-refractivity contribution in [2.75, 3.05) is 24.9 Å². The number of hydrogen-bond acceptors (Lipinski definition) is 7. The van der Waals surface area contributed by atoms with Gasteiger partial charge in [0.1, 0.15) is 27.5 Å². The van der Waals surface area contributed by atoms with E-state index >= 15 is 0 Å². The van der Waals surface area contributed by atoms with Crippen molar-refractivity contribution in [1.29, 1.82) is 0 Å². The van der Waals surface area contributed by atoms with E-state index in [9.17, 15) is 4.79 Å². The Morgan fingerprint density at radius 2 is 1.88 bits per heavy atom. The van der Waals surface area contributed by atoms with Gasteiger partial charge in [0.15, 0.2) is 5.13 Å². The van der Waals surface area contributed by atoms with E-state index in [4.69, 9.17) is 30.5 Å². The van der Waals surface area contributed by atoms with Crippen molar-refractivity contribution in [3.8, 4) is 11.5 Å². The molecule has 4 aromatic rings. The largest absolute Gasteiger partial charge is 0.495 e. The van der Waals surface area contributed by atoms with E-state index in [1.165, 1.54) is 11.3 Å². The van der Waals surface area contributed by atoms with Crippen LogP contribution in [0.2, 0.25) is 5.02 Å². The summed E-state index contributed by atoms with van der Waals surface area (Å²) in [5.41, 5.74) is 0.666. The smallest absolute Gasteiger partial charge is 0.230 e. The molecule has 0 unspecified atom stereocenters. The van der Waals surface area contributed by atoms with Crippen LogP contribution in [0.25, 0.3) is 10.2 Å². The molecule has 2 heterocycles. The monoisotopic (exact) mass is 488 g/mol. The number of fused-ring (bicyclic) bond motifs is 1. The van der Waals surface area contributed by atoms with Crippen LogP contribution in [0.1, 0.15) is 12.2 Å². The van der Waals surface area contributed by atoms with Crippen LogP contribution in [0.4, 0.5) is 5.13 Å². The molecule has 0 atom stereocenters. The highest BCUT2D eigenvalue weighted by Gasteiger charge is 2.23. The molecule has 0 bridgehead atoms. The number of carbonyl (C=O) groups is 1. The van der Waals surface area contributed by atoms with Crippen LogP contribution < -0.4 is 14.4 Å². The van der Waals surface area contributed by atoms with E-state index < -0.39 is 0 Å². The first-order valence-electron chi connectivity index (χ1n) is 9.81. The number of ether oxygens (including phenoxy) is 2. The number of rotatable bonds is 9. The fourth-order valence-electron chi connectivity index (χ4n) is 3.13. The first-order valence-corrected chi connectivity index (χ1v) is 12.0. The van der Waals surface area contributed by atoms with E-state index in [1.807, 2.05) is 42.5 Å². The average Bonchev–Trinajstić information content (AvgIpc) is 3.48. The minimum Gasteiger partial charge on any atom is -0.495 e. The Balaban J connectivity index is 1.58. The molecule has 0 fully saturated rings. The fourth-order valence-corrected chi connectivity index (χ4v) is 5.19. The van der Waals surface area contributed by atoms with Crippen LogP contribution in [0.5, 0.6) is 11.5 Å². The summed E-state index contributed by atoms with van der Waals surface area (Å²) in [5.74, 6) is 2.59. The average molecular weight is 489 g/mol. The van der Waals surface area contributed by atoms with Crippen LogP contribution in [0, 0.1) is 0 Å². The fraction of sp³-hybridized carbons (Fsp3) is 0.217. The normalized spacial score (nSPS) is 11.0. The molecule has 32 heavy (non-hydrogen) atoms. The molecule has 0 radical (unpaired) electrons. The molecule has 166 valence electrons. The molecular formula is C23H21ClN2O4S2. The molecule has 4 rings (SSSR count). The van der Waals surface area contributed by atoms with Gasteiger partial charge in [0.05, 0.1) is 27.0 Å². The molecular weight excluding hydrogens is 468 g/mol. The second-order valence-corrected chi connectivity index (χ2v) is 9.34. The third-order valence-electron chi connectivity index (χ3n) is 4.72. The summed E-state index contributed by atoms with van der Waals surface area (Å²) in [6.07, 6.45) is 1.94. The Kier molecular flexibility index (Phi) is 7.24. The number of hydrogen-bond donors (Lipinski definition) is 0. The zero-order valence-electron chi connectivity index (χ0n) is 17.5. The van der Waals surface area contributed by atoms with Gasteiger partial charge in [-0.1, -0.05) is 22.9 Å². The van der Waals surface area contributed by atoms with Crippen LogP contribution in [-0.2, 0) is 11.3 Å². The van der Waals surface area contributed by atoms with Crippen LogP contribution in [0.3, 0.4) is 0 Å². The van der Waals surface area contributed by atoms with Crippen LogP contribution >= 0.6 is 34.7 Å². The van der Waals surface area contributed by atoms with E-state index in [1.54, 1.807) is 43.2 Å². The van der Waals surface area contributed by atoms with E-state index in [-0.39, 0.29) is 5.91 Å². The molecule has 0 aliphatic heterocycles. The lowest BCUT2D eigenvalue weighted by atomic mass is 10.3. The lowest BCUT2D eigenvalue weighted by Gasteiger charge is -2.18. The molecule has 2 aromatic heterocycles. The number of carbonyl (C=O) groups excluding carboxylic acids is 1. The Labute approximate surface area is 199 Å². The number of benzene rings is 2. The maximum atomic E-state index is 13.3. The topological polar surface area (TPSA) is 64.8 Å². The number of nitrogens with zero attached hydrogens (tertiary/aromatic N) is 2. The lowest BCUT2D eigenvalue weighted by Crippen LogP contribution is -2.30. The van der Waals surface area contributed by atoms with Crippen molar-refractivity contribution >= 4 is 56.0 Å². The summed E-state index contributed by atoms with van der Waals surface area (Å²) in [5, 5.41) is 1.26. The second kappa shape index (κ2) is 10.3. The van der Waals surface area contributed by atoms with Gasteiger partial charge in [-0.3, -0.25) is 9.69 Å². The molecule has 0 aliphatic rings. The van der Waals surface area contributed by atoms with E-state index in [2.05, 4.69) is 0 Å². The standard InChI is InChI=1S/C23H21ClN2O4S2/c1-28-18-9-10-19(29-2)22-21(18)25-23(32-22)26(14-16-4-3-12-30-16)20(27)11-13-31-17-7-5-15(24)6-8-17/h3-10,12H,11,13-14H2,1-2H3. The molecule has 0 saturated heterocycles. The maximum Gasteiger partial charge on any atom is 0.230 e. The number of furan rings is 1. The molecule has 1 amide bonds. The van der Waals surface area contributed by atoms with Crippen LogP contribution in [-0.4, -0.2) is 30.9 Å². The van der Waals surface area contributed by atoms with Crippen molar-refractivity contribution in [2.45, 2.75) is 17.9 Å². The maximum absolute atomic E-state index is 13.3. The number of halogens is 1. The van der Waals surface area contributed by atoms with Crippen molar-refractivity contribution in [3.05, 3.63) is 65.6 Å². The number of anilines is 1. The summed E-state index contributed by atoms with van der Waals surface area (Å²) in [4.78, 5) is 20.7. The Morgan fingerprint density at radius 3 is 2.56 bits per heavy atom. The Bertz CT molecular complexity index is 1150. The molecule has 9 heteroatoms. The summed E-state index contributed by atoms with van der Waals surface area (Å²) in [6, 6.07) is 14.9. The molecule has 6 nitrogen and oxygen atoms in total. The van der Waals surface area contributed by atoms with Crippen molar-refractivity contribution in [3.63, 3.8) is 0 Å². The first-order chi connectivity index (χ1) is 15.6. The molecule has 2 aromatic carbocycles. The number of methoxy groups -OCH3 is 2. The summed E-state index contributed by atoms with van der Waals surface area (Å²) >= 11 is 8.95. The van der Waals surface area contributed by atoms with E-state index in [0.29, 0.717) is 51.6 Å². The van der Waals surface area contributed by atoms with Crippen LogP contribution in [0.15, 0.2) is 64.1 Å². The highest BCUT2D eigenvalue weighted by atomic mass is 35.5. The van der Waals surface area contributed by atoms with Crippen molar-refractivity contribution in [1.82, 2.24) is 4.98 Å². The minimum atomic E-state index is -0.0418. The number of thioether (sulfide) groups is 1. The minimum absolute atomic E-state index is 0.0418. The highest BCUT2D eigenvalue weighted by molar-refractivity contribution is 7.99. The molecule has 0 aliphatic carbocycles. The summed E-state index contributed by atoms with van der Waals surface area (Å²) in [7, 11) is 3.21. The number of aromatic nitrogens is 1. The third-order valence-corrected chi connectivity index (χ3v) is 7.08. The van der Waals surface area contributed by atoms with Gasteiger partial charge < -0.3 is 13.9 Å². The van der Waals surface area contributed by atoms with Crippen molar-refractivity contribution in [2.24, 2.45) is 0 Å². The third kappa shape index (κ3) is 5.03. The zero-order valence-corrected chi connectivity index (χ0v) is 19.9. The van der Waals surface area contributed by atoms with Gasteiger partial charge in [0.2, 0.25) is 5.91 Å². The highest BCUT2D eigenvalue weighted by Crippen LogP contribution is 2.40. The van der Waals surface area contributed by atoms with Gasteiger partial charge in [-0.05, 0) is 48.5 Å². The number of thiazole rings is 1. The summed E-state index contributed by atoms with van der Waals surface area (Å²) < 4.78 is 17.3. The molecule has 0 saturated carbocycles. The predicted octanol–water partition coefficient (Wildman–Crippen LogP) is 6.28. The Hall–Kier alpha value is -2.68. The van der Waals surface area contributed by atoms with Gasteiger partial charge in [0, 0.05) is 22.1 Å². The quantitative estimate of drug-likeness (QED) is 0.258. The van der Waals surface area contributed by atoms with Gasteiger partial charge in [-0.25, -0.2) is 4.98 Å². The molecule has 0 spiro atoms. The van der Waals surface area contributed by atoms with E-state index in [0.717, 1.165) is 9.60 Å². The second-order valence-electron chi connectivity index (χ2n) is 6.76.